The summed E-state index contributed by atoms with van der Waals surface area (Å²) in [7, 11) is 0. The summed E-state index contributed by atoms with van der Waals surface area (Å²) in [4.78, 5) is 52.1. The minimum absolute atomic E-state index is 0.0918. The lowest BCUT2D eigenvalue weighted by Gasteiger charge is -2.06. The van der Waals surface area contributed by atoms with Gasteiger partial charge in [0.2, 0.25) is 0 Å². The van der Waals surface area contributed by atoms with Gasteiger partial charge in [-0.2, -0.15) is 4.57 Å². The van der Waals surface area contributed by atoms with E-state index in [1.807, 2.05) is 0 Å². The molecule has 0 amide bonds. The number of nitro benzene ring substituents is 3. The summed E-state index contributed by atoms with van der Waals surface area (Å²) in [6, 6.07) is 0.243. The second kappa shape index (κ2) is 6.27. The van der Waals surface area contributed by atoms with Crippen molar-refractivity contribution in [2.75, 3.05) is 5.73 Å². The van der Waals surface area contributed by atoms with Crippen molar-refractivity contribution in [3.63, 3.8) is 0 Å². The van der Waals surface area contributed by atoms with E-state index >= 15 is 0 Å². The van der Waals surface area contributed by atoms with Gasteiger partial charge in [0.15, 0.2) is 11.9 Å². The average molecular weight is 384 g/mol. The van der Waals surface area contributed by atoms with E-state index < -0.39 is 64.8 Å². The van der Waals surface area contributed by atoms with Gasteiger partial charge in [0.05, 0.1) is 14.8 Å². The molecule has 0 aliphatic rings. The Balaban J connectivity index is 3.08. The molecule has 0 bridgehead atoms. The molecule has 1 aromatic carbocycles. The Morgan fingerprint density at radius 2 is 1.37 bits per heavy atom. The van der Waals surface area contributed by atoms with Crippen LogP contribution in [-0.4, -0.2) is 34.2 Å². The highest BCUT2D eigenvalue weighted by Crippen LogP contribution is 2.44. The first-order valence-electron chi connectivity index (χ1n) is 6.25. The van der Waals surface area contributed by atoms with Crippen LogP contribution in [0.4, 0.5) is 34.5 Å². The number of anilines is 1. The molecule has 2 rings (SSSR count). The Hall–Kier alpha value is -4.77. The van der Waals surface area contributed by atoms with E-state index in [0.717, 1.165) is 0 Å². The summed E-state index contributed by atoms with van der Waals surface area (Å²) >= 11 is 0. The molecule has 0 atom stereocenters. The Labute approximate surface area is 144 Å². The number of rotatable bonds is 6. The van der Waals surface area contributed by atoms with E-state index in [0.29, 0.717) is 6.20 Å². The van der Waals surface area contributed by atoms with Crippen LogP contribution in [0.3, 0.4) is 0 Å². The van der Waals surface area contributed by atoms with Gasteiger partial charge in [-0.1, -0.05) is 0 Å². The molecule has 140 valence electrons. The zero-order valence-electron chi connectivity index (χ0n) is 12.4. The predicted octanol–water partition coefficient (Wildman–Crippen LogP) is 0.995. The Bertz CT molecular complexity index is 1040. The molecule has 0 unspecified atom stereocenters. The van der Waals surface area contributed by atoms with Gasteiger partial charge in [-0.15, -0.1) is 0 Å². The lowest BCUT2D eigenvalue weighted by Crippen LogP contribution is -2.10. The molecule has 0 radical (unpaired) electrons. The summed E-state index contributed by atoms with van der Waals surface area (Å²) in [6.45, 7) is 0. The Morgan fingerprint density at radius 3 is 1.78 bits per heavy atom. The summed E-state index contributed by atoms with van der Waals surface area (Å²) < 4.78 is 0.0918. The van der Waals surface area contributed by atoms with Crippen LogP contribution < -0.4 is 5.73 Å². The summed E-state index contributed by atoms with van der Waals surface area (Å²) in [6.07, 6.45) is 0.318. The van der Waals surface area contributed by atoms with E-state index in [9.17, 15) is 50.6 Å². The van der Waals surface area contributed by atoms with Crippen LogP contribution in [0.15, 0.2) is 12.3 Å². The van der Waals surface area contributed by atoms with Crippen LogP contribution in [0.1, 0.15) is 0 Å². The van der Waals surface area contributed by atoms with Gasteiger partial charge in [0, 0.05) is 0 Å². The maximum Gasteiger partial charge on any atom is 0.444 e. The van der Waals surface area contributed by atoms with Crippen LogP contribution in [0.2, 0.25) is 0 Å². The lowest BCUT2D eigenvalue weighted by atomic mass is 10.1. The van der Waals surface area contributed by atoms with E-state index in [1.165, 1.54) is 0 Å². The topological polar surface area (TPSA) is 260 Å². The molecule has 2 N–H and O–H groups in total. The molecule has 0 saturated carbocycles. The van der Waals surface area contributed by atoms with Gasteiger partial charge < -0.3 is 26.0 Å². The van der Waals surface area contributed by atoms with Gasteiger partial charge in [0.25, 0.3) is 5.69 Å². The van der Waals surface area contributed by atoms with E-state index in [2.05, 4.69) is 4.98 Å². The maximum absolute atomic E-state index is 11.3. The number of aromatic nitrogens is 2. The monoisotopic (exact) mass is 384 g/mol. The number of nitrogen functional groups attached to an aromatic ring is 1. The maximum atomic E-state index is 11.3. The van der Waals surface area contributed by atoms with Gasteiger partial charge in [-0.3, -0.25) is 30.3 Å². The van der Waals surface area contributed by atoms with Crippen molar-refractivity contribution < 1.29 is 24.6 Å². The molecular weight excluding hydrogens is 380 g/mol. The Kier molecular flexibility index (Phi) is 4.31. The SMILES string of the molecule is Nc1c([N+](=O)[O-])cc([N+](=O)[O-])c(-n2cc([N+](=O)[O-])nc2[N+](=O)[O-])c1[N+](=O)[O-]. The number of benzene rings is 1. The zero-order valence-corrected chi connectivity index (χ0v) is 12.4. The Morgan fingerprint density at radius 1 is 0.815 bits per heavy atom. The molecule has 1 heterocycles. The van der Waals surface area contributed by atoms with Crippen LogP contribution in [0, 0.1) is 50.6 Å². The van der Waals surface area contributed by atoms with Crippen LogP contribution in [-0.2, 0) is 0 Å². The molecule has 1 aromatic heterocycles. The highest BCUT2D eigenvalue weighted by atomic mass is 16.6. The van der Waals surface area contributed by atoms with E-state index in [1.54, 1.807) is 0 Å². The quantitative estimate of drug-likeness (QED) is 0.415. The first-order chi connectivity index (χ1) is 12.5. The largest absolute Gasteiger partial charge is 0.444 e. The fraction of sp³-hybridized carbons (Fsp3) is 0. The minimum atomic E-state index is -1.42. The summed E-state index contributed by atoms with van der Waals surface area (Å²) in [5.41, 5.74) is -0.940. The van der Waals surface area contributed by atoms with Gasteiger partial charge >= 0.3 is 28.8 Å². The third kappa shape index (κ3) is 2.99. The molecule has 0 fully saturated rings. The lowest BCUT2D eigenvalue weighted by molar-refractivity contribution is -0.406. The molecule has 18 heteroatoms. The zero-order chi connectivity index (χ0) is 20.6. The normalized spacial score (nSPS) is 10.4. The standard InChI is InChI=1S/C9H4N8O10/c10-6-3(13(18)19)1-4(14(20)21)7(8(6)16(24)25)12-2-5(15(22)23)11-9(12)17(26)27/h1-2H,10H2. The van der Waals surface area contributed by atoms with Crippen molar-refractivity contribution in [2.45, 2.75) is 0 Å². The number of hydrogen-bond acceptors (Lipinski definition) is 12. The smallest absolute Gasteiger partial charge is 0.390 e. The average Bonchev–Trinajstić information content (AvgIpc) is 2.98. The summed E-state index contributed by atoms with van der Waals surface area (Å²) in [5, 5.41) is 55.4. The first kappa shape index (κ1) is 18.6. The first-order valence-corrected chi connectivity index (χ1v) is 6.25. The molecular formula is C9H4N8O10. The molecule has 0 aliphatic heterocycles. The van der Waals surface area contributed by atoms with Crippen molar-refractivity contribution in [1.82, 2.24) is 9.55 Å². The molecule has 0 spiro atoms. The predicted molar refractivity (Wildman–Crippen MR) is 81.2 cm³/mol. The van der Waals surface area contributed by atoms with E-state index in [4.69, 9.17) is 5.73 Å². The molecule has 2 aromatic rings. The van der Waals surface area contributed by atoms with Gasteiger partial charge in [0.1, 0.15) is 6.07 Å². The third-order valence-corrected chi connectivity index (χ3v) is 3.11. The van der Waals surface area contributed by atoms with Crippen molar-refractivity contribution in [1.29, 1.82) is 0 Å². The third-order valence-electron chi connectivity index (χ3n) is 3.11. The van der Waals surface area contributed by atoms with Gasteiger partial charge in [-0.25, -0.2) is 0 Å². The van der Waals surface area contributed by atoms with Crippen molar-refractivity contribution in [3.8, 4) is 5.69 Å². The van der Waals surface area contributed by atoms with Crippen molar-refractivity contribution in [3.05, 3.63) is 62.8 Å². The second-order valence-corrected chi connectivity index (χ2v) is 4.58. The van der Waals surface area contributed by atoms with Crippen molar-refractivity contribution in [2.24, 2.45) is 0 Å². The molecule has 27 heavy (non-hydrogen) atoms. The minimum Gasteiger partial charge on any atom is -0.390 e. The van der Waals surface area contributed by atoms with Crippen molar-refractivity contribution >= 4 is 34.5 Å². The molecule has 18 nitrogen and oxygen atoms in total. The number of nitro groups is 5. The highest BCUT2D eigenvalue weighted by Gasteiger charge is 2.41. The number of nitrogens with zero attached hydrogens (tertiary/aromatic N) is 7. The second-order valence-electron chi connectivity index (χ2n) is 4.58. The fourth-order valence-corrected chi connectivity index (χ4v) is 2.10. The molecule has 0 aliphatic carbocycles. The fourth-order valence-electron chi connectivity index (χ4n) is 2.10. The van der Waals surface area contributed by atoms with Crippen LogP contribution >= 0.6 is 0 Å². The number of imidazole rings is 1. The van der Waals surface area contributed by atoms with E-state index in [-0.39, 0.29) is 10.6 Å². The number of nitrogens with two attached hydrogens (primary N) is 1. The highest BCUT2D eigenvalue weighted by molar-refractivity contribution is 5.84. The molecule has 0 saturated heterocycles. The van der Waals surface area contributed by atoms with Gasteiger partial charge in [-0.05, 0) is 14.8 Å². The number of hydrogen-bond donors (Lipinski definition) is 1. The summed E-state index contributed by atoms with van der Waals surface area (Å²) in [5.74, 6) is -2.52. The van der Waals surface area contributed by atoms with Crippen LogP contribution in [0.25, 0.3) is 5.69 Å². The van der Waals surface area contributed by atoms with Crippen LogP contribution in [0.5, 0.6) is 0 Å².